The van der Waals surface area contributed by atoms with Crippen molar-refractivity contribution in [2.45, 2.75) is 144 Å². The predicted molar refractivity (Wildman–Crippen MR) is 315 cm³/mol. The van der Waals surface area contributed by atoms with Gasteiger partial charge in [0.15, 0.2) is 0 Å². The minimum Gasteiger partial charge on any atom is -0.376 e. The minimum atomic E-state index is -0.191. The molecule has 0 bridgehead atoms. The Bertz CT molecular complexity index is 3570. The van der Waals surface area contributed by atoms with Gasteiger partial charge in [-0.1, -0.05) is 180 Å². The number of hydrogen-bond donors (Lipinski definition) is 0. The maximum atomic E-state index is 2.77. The number of fused-ring (bicyclic) bond motifs is 8. The highest BCUT2D eigenvalue weighted by molar-refractivity contribution is 6.93. The summed E-state index contributed by atoms with van der Waals surface area (Å²) < 4.78 is 0. The number of rotatable bonds is 4. The predicted octanol–water partition coefficient (Wildman–Crippen LogP) is 17.9. The first-order valence-electron chi connectivity index (χ1n) is 27.1. The van der Waals surface area contributed by atoms with Crippen molar-refractivity contribution in [3.05, 3.63) is 196 Å². The van der Waals surface area contributed by atoms with Crippen LogP contribution in [0.5, 0.6) is 0 Å². The van der Waals surface area contributed by atoms with Crippen molar-refractivity contribution in [1.29, 1.82) is 0 Å². The van der Waals surface area contributed by atoms with Crippen LogP contribution in [0.3, 0.4) is 0 Å². The molecule has 0 saturated heterocycles. The van der Waals surface area contributed by atoms with E-state index in [1.54, 1.807) is 0 Å². The standard InChI is InChI=1S/C70H73BN2/c1-42-33-43(2)64(44(3)34-42)46-35-54-53-38-57-58(69(12,13)32-31-68(57,10)11)41-61(53)73(49-28-25-47(26-29-49)66(4,5)6)71-59-40-56-52(50-23-19-20-24-55(50)70(56,14)15)39-62(59)72(63(36-46)65(54)71)60-30-27-48(67(7,8)9)37-51(60)45-21-17-16-18-22-45/h16-30,33-41H,31-32H2,1-15H3. The zero-order valence-electron chi connectivity index (χ0n) is 46.2. The van der Waals surface area contributed by atoms with Crippen molar-refractivity contribution in [2.24, 2.45) is 0 Å². The van der Waals surface area contributed by atoms with Crippen molar-refractivity contribution in [1.82, 2.24) is 0 Å². The molecular formula is C70H73BN2. The van der Waals surface area contributed by atoms with Gasteiger partial charge >= 0.3 is 6.85 Å². The van der Waals surface area contributed by atoms with Crippen LogP contribution >= 0.6 is 0 Å². The normalized spacial score (nSPS) is 16.6. The molecule has 0 radical (unpaired) electrons. The first-order valence-corrected chi connectivity index (χ1v) is 27.1. The fraction of sp³-hybridized carbons (Fsp3) is 0.314. The Balaban J connectivity index is 1.28. The lowest BCUT2D eigenvalue weighted by atomic mass is 9.42. The van der Waals surface area contributed by atoms with Gasteiger partial charge in [0.05, 0.1) is 5.69 Å². The van der Waals surface area contributed by atoms with Crippen LogP contribution < -0.4 is 20.6 Å². The van der Waals surface area contributed by atoms with Gasteiger partial charge in [0.2, 0.25) is 0 Å². The highest BCUT2D eigenvalue weighted by atomic mass is 15.2. The summed E-state index contributed by atoms with van der Waals surface area (Å²) in [6.45, 7) is 35.6. The Morgan fingerprint density at radius 1 is 0.438 bits per heavy atom. The molecule has 4 aliphatic rings. The Morgan fingerprint density at radius 3 is 1.71 bits per heavy atom. The molecule has 0 unspecified atom stereocenters. The van der Waals surface area contributed by atoms with E-state index in [2.05, 4.69) is 259 Å². The molecule has 0 amide bonds. The molecule has 366 valence electrons. The molecule has 2 nitrogen and oxygen atoms in total. The average molecular weight is 953 g/mol. The van der Waals surface area contributed by atoms with E-state index >= 15 is 0 Å². The number of benzene rings is 8. The van der Waals surface area contributed by atoms with Gasteiger partial charge in [-0.25, -0.2) is 0 Å². The van der Waals surface area contributed by atoms with Gasteiger partial charge in [0, 0.05) is 39.3 Å². The van der Waals surface area contributed by atoms with E-state index in [1.165, 1.54) is 134 Å². The van der Waals surface area contributed by atoms with E-state index < -0.39 is 0 Å². The third-order valence-corrected chi connectivity index (χ3v) is 17.9. The van der Waals surface area contributed by atoms with Crippen LogP contribution in [0.25, 0.3) is 44.5 Å². The first kappa shape index (κ1) is 47.4. The van der Waals surface area contributed by atoms with Crippen LogP contribution in [0.2, 0.25) is 0 Å². The molecule has 0 N–H and O–H groups in total. The summed E-state index contributed by atoms with van der Waals surface area (Å²) in [5.74, 6) is 0. The molecule has 12 rings (SSSR count). The van der Waals surface area contributed by atoms with Crippen molar-refractivity contribution >= 4 is 46.2 Å². The second kappa shape index (κ2) is 16.0. The van der Waals surface area contributed by atoms with Crippen molar-refractivity contribution in [2.75, 3.05) is 9.71 Å². The lowest BCUT2D eigenvalue weighted by Gasteiger charge is -2.48. The van der Waals surface area contributed by atoms with Crippen LogP contribution in [-0.2, 0) is 27.1 Å². The van der Waals surface area contributed by atoms with Gasteiger partial charge in [0.1, 0.15) is 0 Å². The van der Waals surface area contributed by atoms with Gasteiger partial charge < -0.3 is 9.71 Å². The number of aryl methyl sites for hydroxylation is 3. The van der Waals surface area contributed by atoms with Crippen molar-refractivity contribution in [3.8, 4) is 44.5 Å². The van der Waals surface area contributed by atoms with Crippen LogP contribution in [0.1, 0.15) is 146 Å². The monoisotopic (exact) mass is 953 g/mol. The number of hydrogen-bond acceptors (Lipinski definition) is 2. The molecule has 73 heavy (non-hydrogen) atoms. The summed E-state index contributed by atoms with van der Waals surface area (Å²) in [5.41, 5.74) is 31.5. The first-order chi connectivity index (χ1) is 34.4. The minimum absolute atomic E-state index is 0.0213. The van der Waals surface area contributed by atoms with Gasteiger partial charge in [-0.15, -0.1) is 0 Å². The van der Waals surface area contributed by atoms with Gasteiger partial charge in [-0.3, -0.25) is 0 Å². The zero-order chi connectivity index (χ0) is 51.5. The third kappa shape index (κ3) is 7.26. The van der Waals surface area contributed by atoms with Crippen LogP contribution in [0, 0.1) is 20.8 Å². The van der Waals surface area contributed by atoms with Gasteiger partial charge in [-0.2, -0.15) is 0 Å². The van der Waals surface area contributed by atoms with Crippen molar-refractivity contribution in [3.63, 3.8) is 0 Å². The van der Waals surface area contributed by atoms with E-state index in [1.807, 2.05) is 0 Å². The molecule has 0 atom stereocenters. The van der Waals surface area contributed by atoms with E-state index in [9.17, 15) is 0 Å². The molecule has 8 aromatic rings. The molecule has 0 spiro atoms. The molecule has 0 aromatic heterocycles. The second-order valence-electron chi connectivity index (χ2n) is 26.3. The van der Waals surface area contributed by atoms with Gasteiger partial charge in [0.25, 0.3) is 0 Å². The lowest BCUT2D eigenvalue weighted by molar-refractivity contribution is 0.332. The molecule has 3 heteroatoms. The van der Waals surface area contributed by atoms with Crippen LogP contribution in [-0.4, -0.2) is 6.85 Å². The fourth-order valence-electron chi connectivity index (χ4n) is 13.7. The molecule has 0 fully saturated rings. The number of anilines is 5. The molecular weight excluding hydrogens is 880 g/mol. The summed E-state index contributed by atoms with van der Waals surface area (Å²) in [6, 6.07) is 57.8. The fourth-order valence-corrected chi connectivity index (χ4v) is 13.7. The van der Waals surface area contributed by atoms with E-state index in [0.29, 0.717) is 0 Å². The Hall–Kier alpha value is -6.58. The maximum Gasteiger partial charge on any atom is 0.333 e. The quantitative estimate of drug-likeness (QED) is 0.162. The van der Waals surface area contributed by atoms with Crippen LogP contribution in [0.15, 0.2) is 146 Å². The zero-order valence-corrected chi connectivity index (χ0v) is 46.2. The molecule has 0 saturated carbocycles. The summed E-state index contributed by atoms with van der Waals surface area (Å²) in [4.78, 5) is 5.47. The summed E-state index contributed by atoms with van der Waals surface area (Å²) in [5, 5.41) is 0. The average Bonchev–Trinajstić information content (AvgIpc) is 3.56. The Labute approximate surface area is 437 Å². The largest absolute Gasteiger partial charge is 0.376 e. The van der Waals surface area contributed by atoms with E-state index in [0.717, 1.165) is 12.8 Å². The summed E-state index contributed by atoms with van der Waals surface area (Å²) >= 11 is 0. The molecule has 2 aliphatic heterocycles. The Kier molecular flexibility index (Phi) is 10.4. The molecule has 2 heterocycles. The molecule has 2 aliphatic carbocycles. The van der Waals surface area contributed by atoms with Gasteiger partial charge in [-0.05, 0) is 199 Å². The van der Waals surface area contributed by atoms with E-state index in [4.69, 9.17) is 0 Å². The number of nitrogens with zero attached hydrogens (tertiary/aromatic N) is 2. The summed E-state index contributed by atoms with van der Waals surface area (Å²) in [6.07, 6.45) is 2.31. The SMILES string of the molecule is Cc1cc(C)c(-c2cc3c4c(c2)N(c2ccc(C(C)(C)C)cc2-c2ccccc2)c2cc5c(cc2B4N(c2ccc(C(C)(C)C)cc2)c2cc4c(cc2-3)C(C)(C)CCC4(C)C)C(C)(C)c2ccccc2-5)c(C)c1. The Morgan fingerprint density at radius 2 is 1.05 bits per heavy atom. The van der Waals surface area contributed by atoms with Crippen LogP contribution in [0.4, 0.5) is 28.4 Å². The second-order valence-corrected chi connectivity index (χ2v) is 26.3. The summed E-state index contributed by atoms with van der Waals surface area (Å²) in [7, 11) is 0. The lowest BCUT2D eigenvalue weighted by Crippen LogP contribution is -2.62. The van der Waals surface area contributed by atoms with Crippen molar-refractivity contribution < 1.29 is 0 Å². The third-order valence-electron chi connectivity index (χ3n) is 17.9. The highest BCUT2D eigenvalue weighted by Crippen LogP contribution is 2.57. The van der Waals surface area contributed by atoms with E-state index in [-0.39, 0.29) is 33.9 Å². The molecule has 8 aromatic carbocycles. The highest BCUT2D eigenvalue weighted by Gasteiger charge is 2.49. The maximum absolute atomic E-state index is 2.77. The smallest absolute Gasteiger partial charge is 0.333 e. The topological polar surface area (TPSA) is 6.48 Å².